The lowest BCUT2D eigenvalue weighted by Gasteiger charge is -2.12. The number of thioether (sulfide) groups is 1. The first-order chi connectivity index (χ1) is 11.1. The Morgan fingerprint density at radius 2 is 1.48 bits per heavy atom. The minimum atomic E-state index is -0.341. The summed E-state index contributed by atoms with van der Waals surface area (Å²) in [7, 11) is 0. The topological polar surface area (TPSA) is 34.1 Å². The number of carbonyl (C=O) groups excluding carboxylic acids is 2. The van der Waals surface area contributed by atoms with E-state index in [1.165, 1.54) is 23.3 Å². The molecular weight excluding hydrogens is 304 g/mol. The highest BCUT2D eigenvalue weighted by molar-refractivity contribution is 7.99. The number of ketones is 2. The number of hydrogen-bond donors (Lipinski definition) is 0. The molecule has 0 N–H and O–H groups in total. The molecule has 1 aromatic carbocycles. The highest BCUT2D eigenvalue weighted by atomic mass is 32.2. The van der Waals surface area contributed by atoms with Crippen LogP contribution in [-0.4, -0.2) is 17.3 Å². The highest BCUT2D eigenvalue weighted by Crippen LogP contribution is 2.21. The Balaban J connectivity index is 2.15. The molecule has 0 spiro atoms. The maximum absolute atomic E-state index is 11.8. The third-order valence-electron chi connectivity index (χ3n) is 4.15. The lowest BCUT2D eigenvalue weighted by atomic mass is 9.90. The number of hydrogen-bond acceptors (Lipinski definition) is 3. The largest absolute Gasteiger partial charge is 0.299 e. The Bertz CT molecular complexity index is 463. The monoisotopic (exact) mass is 334 g/mol. The van der Waals surface area contributed by atoms with Crippen LogP contribution in [0.5, 0.6) is 0 Å². The molecule has 0 radical (unpaired) electrons. The molecule has 0 amide bonds. The molecule has 0 fully saturated rings. The van der Waals surface area contributed by atoms with Crippen LogP contribution in [-0.2, 0) is 9.59 Å². The maximum atomic E-state index is 11.8. The fourth-order valence-corrected chi connectivity index (χ4v) is 3.54. The van der Waals surface area contributed by atoms with Crippen LogP contribution in [0.25, 0.3) is 0 Å². The van der Waals surface area contributed by atoms with Crippen molar-refractivity contribution in [2.75, 3.05) is 5.75 Å². The molecule has 0 unspecified atom stereocenters. The van der Waals surface area contributed by atoms with E-state index in [9.17, 15) is 9.59 Å². The average Bonchev–Trinajstić information content (AvgIpc) is 2.57. The van der Waals surface area contributed by atoms with E-state index in [0.717, 1.165) is 25.0 Å². The summed E-state index contributed by atoms with van der Waals surface area (Å²) >= 11 is 1.90. The van der Waals surface area contributed by atoms with Crippen molar-refractivity contribution >= 4 is 23.3 Å². The van der Waals surface area contributed by atoms with Gasteiger partial charge in [-0.05, 0) is 37.7 Å². The van der Waals surface area contributed by atoms with Gasteiger partial charge in [-0.25, -0.2) is 0 Å². The second-order valence-electron chi connectivity index (χ2n) is 6.06. The summed E-state index contributed by atoms with van der Waals surface area (Å²) in [5, 5.41) is 0. The standard InChI is InChI=1S/C20H30O2S/c1-4-19(21)18(20(22)5-2)10-8-6-7-9-15-23-17-13-11-16(3)12-14-17/h11-14,18H,4-10,15H2,1-3H3. The zero-order valence-electron chi connectivity index (χ0n) is 14.8. The Kier molecular flexibility index (Phi) is 9.93. The zero-order valence-corrected chi connectivity index (χ0v) is 15.6. The number of aryl methyl sites for hydroxylation is 1. The molecule has 0 aromatic heterocycles. The average molecular weight is 335 g/mol. The van der Waals surface area contributed by atoms with Crippen LogP contribution < -0.4 is 0 Å². The quantitative estimate of drug-likeness (QED) is 0.283. The van der Waals surface area contributed by atoms with Crippen molar-refractivity contribution in [2.45, 2.75) is 70.6 Å². The van der Waals surface area contributed by atoms with Gasteiger partial charge in [0.25, 0.3) is 0 Å². The van der Waals surface area contributed by atoms with Crippen molar-refractivity contribution < 1.29 is 9.59 Å². The predicted octanol–water partition coefficient (Wildman–Crippen LogP) is 5.61. The van der Waals surface area contributed by atoms with Crippen molar-refractivity contribution in [3.63, 3.8) is 0 Å². The molecule has 0 atom stereocenters. The summed E-state index contributed by atoms with van der Waals surface area (Å²) in [6.07, 6.45) is 6.15. The fourth-order valence-electron chi connectivity index (χ4n) is 2.62. The van der Waals surface area contributed by atoms with E-state index in [0.29, 0.717) is 12.8 Å². The molecule has 23 heavy (non-hydrogen) atoms. The molecule has 0 aliphatic rings. The van der Waals surface area contributed by atoms with Crippen molar-refractivity contribution in [1.82, 2.24) is 0 Å². The zero-order chi connectivity index (χ0) is 17.1. The predicted molar refractivity (Wildman–Crippen MR) is 99.1 cm³/mol. The van der Waals surface area contributed by atoms with E-state index in [4.69, 9.17) is 0 Å². The lowest BCUT2D eigenvalue weighted by molar-refractivity contribution is -0.132. The third kappa shape index (κ3) is 7.83. The molecule has 2 nitrogen and oxygen atoms in total. The lowest BCUT2D eigenvalue weighted by Crippen LogP contribution is -2.22. The molecule has 0 aliphatic carbocycles. The van der Waals surface area contributed by atoms with Gasteiger partial charge in [0, 0.05) is 17.7 Å². The summed E-state index contributed by atoms with van der Waals surface area (Å²) in [6.45, 7) is 5.80. The number of benzene rings is 1. The molecule has 0 saturated carbocycles. The van der Waals surface area contributed by atoms with E-state index in [1.807, 2.05) is 25.6 Å². The van der Waals surface area contributed by atoms with Gasteiger partial charge in [-0.15, -0.1) is 11.8 Å². The Hall–Kier alpha value is -1.09. The first-order valence-corrected chi connectivity index (χ1v) is 9.81. The van der Waals surface area contributed by atoms with Gasteiger partial charge in [0.2, 0.25) is 0 Å². The van der Waals surface area contributed by atoms with Gasteiger partial charge in [0.05, 0.1) is 5.92 Å². The van der Waals surface area contributed by atoms with E-state index < -0.39 is 0 Å². The second-order valence-corrected chi connectivity index (χ2v) is 7.23. The first-order valence-electron chi connectivity index (χ1n) is 8.83. The fraction of sp³-hybridized carbons (Fsp3) is 0.600. The number of Topliss-reactive ketones (excluding diaryl/α,β-unsaturated/α-hetero) is 2. The molecule has 1 rings (SSSR count). The van der Waals surface area contributed by atoms with E-state index in [1.54, 1.807) is 0 Å². The molecule has 128 valence electrons. The maximum Gasteiger partial charge on any atom is 0.143 e. The Morgan fingerprint density at radius 3 is 2.04 bits per heavy atom. The van der Waals surface area contributed by atoms with E-state index >= 15 is 0 Å². The van der Waals surface area contributed by atoms with Crippen LogP contribution in [0, 0.1) is 12.8 Å². The van der Waals surface area contributed by atoms with Crippen LogP contribution in [0.3, 0.4) is 0 Å². The van der Waals surface area contributed by atoms with Gasteiger partial charge < -0.3 is 0 Å². The third-order valence-corrected chi connectivity index (χ3v) is 5.25. The van der Waals surface area contributed by atoms with Gasteiger partial charge in [-0.2, -0.15) is 0 Å². The molecule has 0 saturated heterocycles. The van der Waals surface area contributed by atoms with E-state index in [-0.39, 0.29) is 17.5 Å². The summed E-state index contributed by atoms with van der Waals surface area (Å²) in [6, 6.07) is 8.66. The molecule has 0 bridgehead atoms. The van der Waals surface area contributed by atoms with Gasteiger partial charge in [-0.1, -0.05) is 50.8 Å². The normalized spacial score (nSPS) is 11.0. The van der Waals surface area contributed by atoms with Gasteiger partial charge >= 0.3 is 0 Å². The summed E-state index contributed by atoms with van der Waals surface area (Å²) in [5.74, 6) is 1.03. The minimum Gasteiger partial charge on any atom is -0.299 e. The van der Waals surface area contributed by atoms with Gasteiger partial charge in [-0.3, -0.25) is 9.59 Å². The SMILES string of the molecule is CCC(=O)C(CCCCCCSc1ccc(C)cc1)C(=O)CC. The molecular formula is C20H30O2S. The highest BCUT2D eigenvalue weighted by Gasteiger charge is 2.22. The molecule has 0 aliphatic heterocycles. The summed E-state index contributed by atoms with van der Waals surface area (Å²) in [5.41, 5.74) is 1.30. The van der Waals surface area contributed by atoms with Crippen molar-refractivity contribution in [2.24, 2.45) is 5.92 Å². The van der Waals surface area contributed by atoms with E-state index in [2.05, 4.69) is 31.2 Å². The molecule has 0 heterocycles. The van der Waals surface area contributed by atoms with Crippen LogP contribution in [0.15, 0.2) is 29.2 Å². The van der Waals surface area contributed by atoms with Gasteiger partial charge in [0.1, 0.15) is 11.6 Å². The van der Waals surface area contributed by atoms with Crippen LogP contribution in [0.2, 0.25) is 0 Å². The summed E-state index contributed by atoms with van der Waals surface area (Å²) in [4.78, 5) is 25.0. The Labute approximate surface area is 145 Å². The molecule has 1 aromatic rings. The Morgan fingerprint density at radius 1 is 0.913 bits per heavy atom. The smallest absolute Gasteiger partial charge is 0.143 e. The summed E-state index contributed by atoms with van der Waals surface area (Å²) < 4.78 is 0. The van der Waals surface area contributed by atoms with Crippen molar-refractivity contribution in [3.8, 4) is 0 Å². The second kappa shape index (κ2) is 11.4. The van der Waals surface area contributed by atoms with Gasteiger partial charge in [0.15, 0.2) is 0 Å². The number of unbranched alkanes of at least 4 members (excludes halogenated alkanes) is 3. The van der Waals surface area contributed by atoms with Crippen molar-refractivity contribution in [3.05, 3.63) is 29.8 Å². The first kappa shape index (κ1) is 20.0. The van der Waals surface area contributed by atoms with Crippen LogP contribution in [0.4, 0.5) is 0 Å². The molecule has 3 heteroatoms. The number of carbonyl (C=O) groups is 2. The number of rotatable bonds is 12. The van der Waals surface area contributed by atoms with Crippen molar-refractivity contribution in [1.29, 1.82) is 0 Å². The van der Waals surface area contributed by atoms with Crippen LogP contribution >= 0.6 is 11.8 Å². The minimum absolute atomic E-state index is 0.117. The van der Waals surface area contributed by atoms with Crippen LogP contribution in [0.1, 0.15) is 64.4 Å².